The van der Waals surface area contributed by atoms with Gasteiger partial charge in [-0.3, -0.25) is 9.47 Å². The summed E-state index contributed by atoms with van der Waals surface area (Å²) in [5.41, 5.74) is 2.31. The smallest absolute Gasteiger partial charge is 0.408 e. The van der Waals surface area contributed by atoms with Crippen LogP contribution in [0.5, 0.6) is 0 Å². The van der Waals surface area contributed by atoms with Gasteiger partial charge in [0.25, 0.3) is 0 Å². The zero-order chi connectivity index (χ0) is 20.2. The zero-order valence-electron chi connectivity index (χ0n) is 16.2. The molecule has 0 saturated carbocycles. The summed E-state index contributed by atoms with van der Waals surface area (Å²) in [5, 5.41) is 2.16. The van der Waals surface area contributed by atoms with Crippen molar-refractivity contribution in [1.82, 2.24) is 13.8 Å². The van der Waals surface area contributed by atoms with Gasteiger partial charge >= 0.3 is 5.76 Å². The number of aryl methyl sites for hydroxylation is 1. The van der Waals surface area contributed by atoms with Crippen molar-refractivity contribution >= 4 is 32.5 Å². The normalized spacial score (nSPS) is 19.6. The first-order valence-corrected chi connectivity index (χ1v) is 12.1. The van der Waals surface area contributed by atoms with Crippen molar-refractivity contribution in [3.05, 3.63) is 50.6 Å². The van der Waals surface area contributed by atoms with Crippen LogP contribution in [0.15, 0.2) is 43.8 Å². The Balaban J connectivity index is 1.31. The minimum Gasteiger partial charge on any atom is -0.408 e. The number of hydrogen-bond acceptors (Lipinski definition) is 6. The standard InChI is InChI=1S/C20H23N3O4S2/c1-21-17-12-16(2-3-18(17)27-20(21)24)29(25,26)23-9-4-15(5-10-23)22-8-6-19-14(13-22)7-11-28-19/h2-3,7,11-12,15H,4-6,8-10,13H2,1H3. The van der Waals surface area contributed by atoms with Crippen LogP contribution >= 0.6 is 11.3 Å². The monoisotopic (exact) mass is 433 g/mol. The molecule has 0 aliphatic carbocycles. The summed E-state index contributed by atoms with van der Waals surface area (Å²) < 4.78 is 34.3. The lowest BCUT2D eigenvalue weighted by atomic mass is 10.0. The Kier molecular flexibility index (Phi) is 4.65. The maximum atomic E-state index is 13.2. The molecular formula is C20H23N3O4S2. The Morgan fingerprint density at radius 3 is 2.72 bits per heavy atom. The van der Waals surface area contributed by atoms with Crippen LogP contribution in [0.1, 0.15) is 23.3 Å². The van der Waals surface area contributed by atoms with E-state index in [0.717, 1.165) is 32.4 Å². The third-order valence-electron chi connectivity index (χ3n) is 6.18. The number of sulfonamides is 1. The quantitative estimate of drug-likeness (QED) is 0.634. The van der Waals surface area contributed by atoms with Crippen molar-refractivity contribution in [2.45, 2.75) is 36.7 Å². The van der Waals surface area contributed by atoms with Crippen LogP contribution in [-0.2, 0) is 30.0 Å². The van der Waals surface area contributed by atoms with E-state index < -0.39 is 15.8 Å². The molecule has 9 heteroatoms. The van der Waals surface area contributed by atoms with E-state index in [4.69, 9.17) is 4.42 Å². The molecule has 0 atom stereocenters. The first kappa shape index (κ1) is 19.0. The van der Waals surface area contributed by atoms with Gasteiger partial charge in [0.2, 0.25) is 10.0 Å². The fraction of sp³-hybridized carbons (Fsp3) is 0.450. The molecule has 0 amide bonds. The molecule has 0 spiro atoms. The highest BCUT2D eigenvalue weighted by molar-refractivity contribution is 7.89. The van der Waals surface area contributed by atoms with E-state index in [2.05, 4.69) is 16.3 Å². The van der Waals surface area contributed by atoms with Crippen molar-refractivity contribution in [1.29, 1.82) is 0 Å². The Hall–Kier alpha value is -1.94. The van der Waals surface area contributed by atoms with Gasteiger partial charge in [-0.05, 0) is 54.5 Å². The number of benzene rings is 1. The number of nitrogens with zero attached hydrogens (tertiary/aromatic N) is 3. The highest BCUT2D eigenvalue weighted by Crippen LogP contribution is 2.30. The Labute approximate surface area is 173 Å². The Bertz CT molecular complexity index is 1220. The van der Waals surface area contributed by atoms with Gasteiger partial charge in [-0.1, -0.05) is 0 Å². The molecule has 1 aromatic carbocycles. The second kappa shape index (κ2) is 7.09. The number of hydrogen-bond donors (Lipinski definition) is 0. The fourth-order valence-corrected chi connectivity index (χ4v) is 6.83. The second-order valence-corrected chi connectivity index (χ2v) is 10.7. The molecular weight excluding hydrogens is 410 g/mol. The van der Waals surface area contributed by atoms with Gasteiger partial charge in [0, 0.05) is 44.1 Å². The van der Waals surface area contributed by atoms with Crippen LogP contribution in [0.4, 0.5) is 0 Å². The van der Waals surface area contributed by atoms with Crippen LogP contribution in [0.25, 0.3) is 11.1 Å². The van der Waals surface area contributed by atoms with E-state index in [9.17, 15) is 13.2 Å². The zero-order valence-corrected chi connectivity index (χ0v) is 17.8. The number of aromatic nitrogens is 1. The Morgan fingerprint density at radius 2 is 1.93 bits per heavy atom. The predicted molar refractivity (Wildman–Crippen MR) is 112 cm³/mol. The molecule has 29 heavy (non-hydrogen) atoms. The van der Waals surface area contributed by atoms with Crippen molar-refractivity contribution < 1.29 is 12.8 Å². The van der Waals surface area contributed by atoms with Crippen molar-refractivity contribution in [2.24, 2.45) is 7.05 Å². The maximum absolute atomic E-state index is 13.2. The van der Waals surface area contributed by atoms with Gasteiger partial charge < -0.3 is 4.42 Å². The van der Waals surface area contributed by atoms with E-state index in [-0.39, 0.29) is 4.90 Å². The van der Waals surface area contributed by atoms with E-state index in [1.165, 1.54) is 27.1 Å². The van der Waals surface area contributed by atoms with Gasteiger partial charge in [0.15, 0.2) is 5.58 Å². The van der Waals surface area contributed by atoms with Crippen LogP contribution in [0.3, 0.4) is 0 Å². The fourth-order valence-electron chi connectivity index (χ4n) is 4.45. The molecule has 2 aliphatic rings. The molecule has 1 saturated heterocycles. The number of thiophene rings is 1. The van der Waals surface area contributed by atoms with Crippen LogP contribution in [0, 0.1) is 0 Å². The van der Waals surface area contributed by atoms with E-state index in [1.54, 1.807) is 17.4 Å². The third-order valence-corrected chi connectivity index (χ3v) is 9.10. The van der Waals surface area contributed by atoms with Crippen molar-refractivity contribution in [3.8, 4) is 0 Å². The largest absolute Gasteiger partial charge is 0.419 e. The minimum atomic E-state index is -3.60. The van der Waals surface area contributed by atoms with E-state index >= 15 is 0 Å². The van der Waals surface area contributed by atoms with Crippen molar-refractivity contribution in [3.63, 3.8) is 0 Å². The van der Waals surface area contributed by atoms with Crippen LogP contribution in [0.2, 0.25) is 0 Å². The lowest BCUT2D eigenvalue weighted by Gasteiger charge is -2.39. The highest BCUT2D eigenvalue weighted by Gasteiger charge is 2.33. The summed E-state index contributed by atoms with van der Waals surface area (Å²) >= 11 is 1.84. The summed E-state index contributed by atoms with van der Waals surface area (Å²) in [6, 6.07) is 7.25. The number of rotatable bonds is 3. The number of oxazole rings is 1. The summed E-state index contributed by atoms with van der Waals surface area (Å²) in [5.74, 6) is -0.495. The van der Waals surface area contributed by atoms with E-state index in [0.29, 0.717) is 30.2 Å². The molecule has 3 aromatic rings. The lowest BCUT2D eigenvalue weighted by Crippen LogP contribution is -2.47. The van der Waals surface area contributed by atoms with Gasteiger partial charge in [-0.2, -0.15) is 4.31 Å². The highest BCUT2D eigenvalue weighted by atomic mass is 32.2. The molecule has 4 heterocycles. The van der Waals surface area contributed by atoms with Gasteiger partial charge in [-0.15, -0.1) is 11.3 Å². The van der Waals surface area contributed by atoms with Crippen molar-refractivity contribution in [2.75, 3.05) is 19.6 Å². The van der Waals surface area contributed by atoms with Crippen LogP contribution < -0.4 is 5.76 Å². The maximum Gasteiger partial charge on any atom is 0.419 e. The van der Waals surface area contributed by atoms with E-state index in [1.807, 2.05) is 11.3 Å². The first-order chi connectivity index (χ1) is 13.9. The molecule has 2 aromatic heterocycles. The van der Waals surface area contributed by atoms with Gasteiger partial charge in [-0.25, -0.2) is 13.2 Å². The molecule has 0 radical (unpaired) electrons. The number of fused-ring (bicyclic) bond motifs is 2. The second-order valence-electron chi connectivity index (χ2n) is 7.78. The van der Waals surface area contributed by atoms with Gasteiger partial charge in [0.05, 0.1) is 10.4 Å². The number of piperidine rings is 1. The average molecular weight is 434 g/mol. The molecule has 0 unspecified atom stereocenters. The molecule has 0 N–H and O–H groups in total. The summed E-state index contributed by atoms with van der Waals surface area (Å²) in [7, 11) is -2.02. The molecule has 1 fully saturated rings. The average Bonchev–Trinajstić information content (AvgIpc) is 3.31. The summed E-state index contributed by atoms with van der Waals surface area (Å²) in [6.07, 6.45) is 2.77. The molecule has 2 aliphatic heterocycles. The predicted octanol–water partition coefficient (Wildman–Crippen LogP) is 2.40. The summed E-state index contributed by atoms with van der Waals surface area (Å²) in [6.45, 7) is 3.06. The van der Waals surface area contributed by atoms with Gasteiger partial charge in [0.1, 0.15) is 0 Å². The van der Waals surface area contributed by atoms with Crippen LogP contribution in [-0.4, -0.2) is 47.9 Å². The summed E-state index contributed by atoms with van der Waals surface area (Å²) in [4.78, 5) is 15.9. The molecule has 154 valence electrons. The lowest BCUT2D eigenvalue weighted by molar-refractivity contribution is 0.127. The topological polar surface area (TPSA) is 75.8 Å². The first-order valence-electron chi connectivity index (χ1n) is 9.82. The third kappa shape index (κ3) is 3.26. The molecule has 7 nitrogen and oxygen atoms in total. The molecule has 0 bridgehead atoms. The SMILES string of the molecule is Cn1c(=O)oc2ccc(S(=O)(=O)N3CCC(N4CCc5sccc5C4)CC3)cc21. The molecule has 5 rings (SSSR count). The minimum absolute atomic E-state index is 0.209. The Morgan fingerprint density at radius 1 is 1.14 bits per heavy atom.